The van der Waals surface area contributed by atoms with E-state index in [-0.39, 0.29) is 17.0 Å². The number of nitrogens with zero attached hydrogens (tertiary/aromatic N) is 2. The van der Waals surface area contributed by atoms with Gasteiger partial charge in [0.1, 0.15) is 4.83 Å². The van der Waals surface area contributed by atoms with Crippen LogP contribution in [0.3, 0.4) is 0 Å². The van der Waals surface area contributed by atoms with Crippen molar-refractivity contribution in [2.24, 2.45) is 0 Å². The molecule has 0 spiro atoms. The van der Waals surface area contributed by atoms with E-state index in [4.69, 9.17) is 0 Å². The molecule has 0 saturated carbocycles. The molecule has 0 aliphatic heterocycles. The number of nitrogens with one attached hydrogen (secondary N) is 1. The maximum absolute atomic E-state index is 12.7. The number of rotatable bonds is 5. The molecule has 2 aromatic rings. The third-order valence-corrected chi connectivity index (χ3v) is 4.81. The highest BCUT2D eigenvalue weighted by molar-refractivity contribution is 7.20. The van der Waals surface area contributed by atoms with Gasteiger partial charge in [-0.3, -0.25) is 14.2 Å². The van der Waals surface area contributed by atoms with Crippen LogP contribution in [-0.4, -0.2) is 21.0 Å². The van der Waals surface area contributed by atoms with E-state index in [1.54, 1.807) is 10.9 Å². The van der Waals surface area contributed by atoms with Gasteiger partial charge in [0.25, 0.3) is 11.5 Å². The highest BCUT2D eigenvalue weighted by Crippen LogP contribution is 2.27. The molecule has 1 amide bonds. The second kappa shape index (κ2) is 6.83. The molecule has 0 aliphatic carbocycles. The Hall–Kier alpha value is -1.69. The van der Waals surface area contributed by atoms with Gasteiger partial charge in [-0.1, -0.05) is 19.8 Å². The van der Waals surface area contributed by atoms with Crippen molar-refractivity contribution in [2.75, 3.05) is 0 Å². The van der Waals surface area contributed by atoms with E-state index in [0.717, 1.165) is 24.8 Å². The summed E-state index contributed by atoms with van der Waals surface area (Å²) in [5, 5.41) is 3.52. The lowest BCUT2D eigenvalue weighted by molar-refractivity contribution is 0.0923. The molecule has 0 radical (unpaired) electrons. The molecule has 0 aromatic carbocycles. The number of unbranched alkanes of at least 4 members (excludes halogenated alkanes) is 2. The molecule has 23 heavy (non-hydrogen) atoms. The van der Waals surface area contributed by atoms with Crippen molar-refractivity contribution < 1.29 is 4.79 Å². The van der Waals surface area contributed by atoms with Gasteiger partial charge in [-0.25, -0.2) is 4.98 Å². The molecule has 0 aliphatic rings. The molecular formula is C17H25N3O2S. The number of aryl methyl sites for hydroxylation is 2. The minimum absolute atomic E-state index is 0.0466. The average Bonchev–Trinajstić information content (AvgIpc) is 2.78. The lowest BCUT2D eigenvalue weighted by Gasteiger charge is -2.20. The van der Waals surface area contributed by atoms with Gasteiger partial charge in [-0.15, -0.1) is 11.3 Å². The van der Waals surface area contributed by atoms with E-state index in [2.05, 4.69) is 17.2 Å². The summed E-state index contributed by atoms with van der Waals surface area (Å²) < 4.78 is 1.66. The quantitative estimate of drug-likeness (QED) is 0.851. The van der Waals surface area contributed by atoms with Crippen LogP contribution in [0, 0.1) is 6.92 Å². The van der Waals surface area contributed by atoms with Crippen molar-refractivity contribution in [3.8, 4) is 0 Å². The normalized spacial score (nSPS) is 11.9. The largest absolute Gasteiger partial charge is 0.347 e. The zero-order chi connectivity index (χ0) is 17.2. The van der Waals surface area contributed by atoms with Crippen LogP contribution in [-0.2, 0) is 6.54 Å². The van der Waals surface area contributed by atoms with Gasteiger partial charge < -0.3 is 5.32 Å². The number of aromatic nitrogens is 2. The van der Waals surface area contributed by atoms with Crippen molar-refractivity contribution in [1.29, 1.82) is 0 Å². The van der Waals surface area contributed by atoms with E-state index < -0.39 is 0 Å². The molecule has 0 atom stereocenters. The van der Waals surface area contributed by atoms with Crippen molar-refractivity contribution in [3.63, 3.8) is 0 Å². The van der Waals surface area contributed by atoms with Crippen molar-refractivity contribution in [1.82, 2.24) is 14.9 Å². The molecule has 1 N–H and O–H groups in total. The first kappa shape index (κ1) is 17.7. The van der Waals surface area contributed by atoms with Crippen LogP contribution >= 0.6 is 11.3 Å². The first-order chi connectivity index (χ1) is 10.7. The van der Waals surface area contributed by atoms with E-state index in [9.17, 15) is 9.59 Å². The third kappa shape index (κ3) is 3.99. The predicted octanol–water partition coefficient (Wildman–Crippen LogP) is 3.48. The Morgan fingerprint density at radius 1 is 1.35 bits per heavy atom. The summed E-state index contributed by atoms with van der Waals surface area (Å²) in [5.74, 6) is -0.144. The van der Waals surface area contributed by atoms with Gasteiger partial charge in [0.15, 0.2) is 0 Å². The van der Waals surface area contributed by atoms with Crippen LogP contribution in [0.4, 0.5) is 0 Å². The molecule has 126 valence electrons. The molecule has 2 heterocycles. The van der Waals surface area contributed by atoms with Crippen LogP contribution in [0.25, 0.3) is 10.2 Å². The fourth-order valence-electron chi connectivity index (χ4n) is 2.46. The first-order valence-corrected chi connectivity index (χ1v) is 8.87. The fourth-order valence-corrected chi connectivity index (χ4v) is 3.50. The van der Waals surface area contributed by atoms with Gasteiger partial charge in [-0.2, -0.15) is 0 Å². The summed E-state index contributed by atoms with van der Waals surface area (Å²) in [7, 11) is 0. The Morgan fingerprint density at radius 3 is 2.65 bits per heavy atom. The molecule has 0 unspecified atom stereocenters. The second-order valence-electron chi connectivity index (χ2n) is 6.89. The summed E-state index contributed by atoms with van der Waals surface area (Å²) in [6.45, 7) is 10.4. The maximum atomic E-state index is 12.7. The SMILES string of the molecule is CCCCCn1cnc2sc(C(=O)NC(C)(C)C)c(C)c2c1=O. The molecule has 5 nitrogen and oxygen atoms in total. The highest BCUT2D eigenvalue weighted by atomic mass is 32.1. The molecule has 2 rings (SSSR count). The van der Waals surface area contributed by atoms with Crippen molar-refractivity contribution in [3.05, 3.63) is 27.1 Å². The van der Waals surface area contributed by atoms with Crippen molar-refractivity contribution >= 4 is 27.5 Å². The molecule has 6 heteroatoms. The van der Waals surface area contributed by atoms with Gasteiger partial charge in [-0.05, 0) is 39.7 Å². The number of fused-ring (bicyclic) bond motifs is 1. The Balaban J connectivity index is 2.40. The standard InChI is InChI=1S/C17H25N3O2S/c1-6-7-8-9-20-10-18-15-12(16(20)22)11(2)13(23-15)14(21)19-17(3,4)5/h10H,6-9H2,1-5H3,(H,19,21). The molecule has 0 bridgehead atoms. The molecule has 0 fully saturated rings. The summed E-state index contributed by atoms with van der Waals surface area (Å²) >= 11 is 1.29. The summed E-state index contributed by atoms with van der Waals surface area (Å²) in [4.78, 5) is 30.7. The van der Waals surface area contributed by atoms with Crippen molar-refractivity contribution in [2.45, 2.75) is 66.0 Å². The molecule has 0 saturated heterocycles. The zero-order valence-corrected chi connectivity index (χ0v) is 15.3. The smallest absolute Gasteiger partial charge is 0.262 e. The van der Waals surface area contributed by atoms with E-state index >= 15 is 0 Å². The fraction of sp³-hybridized carbons (Fsp3) is 0.588. The summed E-state index contributed by atoms with van der Waals surface area (Å²) in [6, 6.07) is 0. The van der Waals surface area contributed by atoms with E-state index in [1.165, 1.54) is 11.3 Å². The number of hydrogen-bond acceptors (Lipinski definition) is 4. The van der Waals surface area contributed by atoms with Crippen LogP contribution in [0.1, 0.15) is 62.2 Å². The lowest BCUT2D eigenvalue weighted by atomic mass is 10.1. The van der Waals surface area contributed by atoms with Gasteiger partial charge in [0.05, 0.1) is 16.6 Å². The number of carbonyl (C=O) groups is 1. The molecule has 2 aromatic heterocycles. The minimum Gasteiger partial charge on any atom is -0.347 e. The number of carbonyl (C=O) groups excluding carboxylic acids is 1. The zero-order valence-electron chi connectivity index (χ0n) is 14.5. The Kier molecular flexibility index (Phi) is 5.24. The summed E-state index contributed by atoms with van der Waals surface area (Å²) in [5.41, 5.74) is 0.372. The second-order valence-corrected chi connectivity index (χ2v) is 7.89. The maximum Gasteiger partial charge on any atom is 0.262 e. The Labute approximate surface area is 140 Å². The molecular weight excluding hydrogens is 310 g/mol. The third-order valence-electron chi connectivity index (χ3n) is 3.61. The monoisotopic (exact) mass is 335 g/mol. The van der Waals surface area contributed by atoms with E-state index in [0.29, 0.717) is 21.6 Å². The minimum atomic E-state index is -0.312. The predicted molar refractivity (Wildman–Crippen MR) is 95.4 cm³/mol. The van der Waals surface area contributed by atoms with Gasteiger partial charge in [0.2, 0.25) is 0 Å². The van der Waals surface area contributed by atoms with E-state index in [1.807, 2.05) is 27.7 Å². The van der Waals surface area contributed by atoms with Crippen LogP contribution in [0.15, 0.2) is 11.1 Å². The number of thiophene rings is 1. The van der Waals surface area contributed by atoms with Gasteiger partial charge in [0, 0.05) is 12.1 Å². The lowest BCUT2D eigenvalue weighted by Crippen LogP contribution is -2.40. The topological polar surface area (TPSA) is 64.0 Å². The first-order valence-electron chi connectivity index (χ1n) is 8.05. The van der Waals surface area contributed by atoms with Crippen LogP contribution < -0.4 is 10.9 Å². The number of hydrogen-bond donors (Lipinski definition) is 1. The summed E-state index contributed by atoms with van der Waals surface area (Å²) in [6.07, 6.45) is 4.76. The Morgan fingerprint density at radius 2 is 2.04 bits per heavy atom. The van der Waals surface area contributed by atoms with Gasteiger partial charge >= 0.3 is 0 Å². The van der Waals surface area contributed by atoms with Crippen LogP contribution in [0.2, 0.25) is 0 Å². The average molecular weight is 335 g/mol. The van der Waals surface area contributed by atoms with Crippen LogP contribution in [0.5, 0.6) is 0 Å². The number of amides is 1. The highest BCUT2D eigenvalue weighted by Gasteiger charge is 2.22. The Bertz CT molecular complexity index is 768.